The zero-order valence-corrected chi connectivity index (χ0v) is 18.5. The summed E-state index contributed by atoms with van der Waals surface area (Å²) >= 11 is 1.65. The maximum Gasteiger partial charge on any atom is 0.254 e. The molecule has 1 aromatic heterocycles. The Balaban J connectivity index is 1.71. The molecular weight excluding hydrogens is 410 g/mol. The molecule has 2 aromatic carbocycles. The highest BCUT2D eigenvalue weighted by Gasteiger charge is 2.34. The number of ether oxygens (including phenoxy) is 3. The topological polar surface area (TPSA) is 48.0 Å². The number of hydrogen-bond acceptors (Lipinski definition) is 5. The molecule has 0 spiro atoms. The van der Waals surface area contributed by atoms with Crippen molar-refractivity contribution in [3.63, 3.8) is 0 Å². The van der Waals surface area contributed by atoms with Gasteiger partial charge < -0.3 is 19.1 Å². The lowest BCUT2D eigenvalue weighted by molar-refractivity contribution is 0.0697. The number of thiophene rings is 1. The number of rotatable bonds is 7. The summed E-state index contributed by atoms with van der Waals surface area (Å²) in [5.41, 5.74) is 2.88. The van der Waals surface area contributed by atoms with Crippen molar-refractivity contribution in [3.8, 4) is 17.2 Å². The number of hydrogen-bond donors (Lipinski definition) is 0. The number of methoxy groups -OCH3 is 2. The molecule has 4 rings (SSSR count). The van der Waals surface area contributed by atoms with Crippen LogP contribution in [0.1, 0.15) is 32.4 Å². The highest BCUT2D eigenvalue weighted by atomic mass is 32.1. The van der Waals surface area contributed by atoms with Crippen molar-refractivity contribution in [3.05, 3.63) is 88.1 Å². The van der Waals surface area contributed by atoms with Crippen LogP contribution in [0.15, 0.2) is 66.6 Å². The molecular formula is C25H25NO4S. The minimum Gasteiger partial charge on any atom is -0.493 e. The summed E-state index contributed by atoms with van der Waals surface area (Å²) in [7, 11) is 3.27. The maximum absolute atomic E-state index is 13.5. The van der Waals surface area contributed by atoms with Crippen molar-refractivity contribution in [1.82, 2.24) is 4.90 Å². The Bertz CT molecular complexity index is 1060. The average molecular weight is 436 g/mol. The Morgan fingerprint density at radius 3 is 2.55 bits per heavy atom. The Labute approximate surface area is 186 Å². The van der Waals surface area contributed by atoms with Gasteiger partial charge in [-0.2, -0.15) is 0 Å². The van der Waals surface area contributed by atoms with Gasteiger partial charge in [-0.1, -0.05) is 18.7 Å². The second kappa shape index (κ2) is 9.27. The molecule has 3 aromatic rings. The van der Waals surface area contributed by atoms with Crippen LogP contribution >= 0.6 is 11.3 Å². The van der Waals surface area contributed by atoms with E-state index in [2.05, 4.69) is 12.6 Å². The summed E-state index contributed by atoms with van der Waals surface area (Å²) in [6.07, 6.45) is 2.45. The third kappa shape index (κ3) is 4.16. The number of carbonyl (C=O) groups excluding carboxylic acids is 1. The van der Waals surface area contributed by atoms with Gasteiger partial charge in [0.15, 0.2) is 11.5 Å². The van der Waals surface area contributed by atoms with Crippen molar-refractivity contribution in [1.29, 1.82) is 0 Å². The molecule has 0 saturated carbocycles. The van der Waals surface area contributed by atoms with E-state index < -0.39 is 0 Å². The molecule has 1 amide bonds. The van der Waals surface area contributed by atoms with Gasteiger partial charge in [0.25, 0.3) is 5.91 Å². The molecule has 0 saturated heterocycles. The van der Waals surface area contributed by atoms with Gasteiger partial charge in [-0.25, -0.2) is 0 Å². The van der Waals surface area contributed by atoms with Gasteiger partial charge in [0.1, 0.15) is 12.4 Å². The van der Waals surface area contributed by atoms with E-state index >= 15 is 0 Å². The predicted molar refractivity (Wildman–Crippen MR) is 123 cm³/mol. The van der Waals surface area contributed by atoms with E-state index in [9.17, 15) is 4.79 Å². The number of nitrogens with zero attached hydrogens (tertiary/aromatic N) is 1. The number of carbonyl (C=O) groups is 1. The minimum absolute atomic E-state index is 0.00546. The van der Waals surface area contributed by atoms with E-state index in [1.807, 2.05) is 52.7 Å². The molecule has 1 aliphatic heterocycles. The van der Waals surface area contributed by atoms with Crippen LogP contribution in [0.4, 0.5) is 0 Å². The Hall–Kier alpha value is -3.25. The van der Waals surface area contributed by atoms with Gasteiger partial charge >= 0.3 is 0 Å². The fourth-order valence-corrected chi connectivity index (χ4v) is 4.79. The van der Waals surface area contributed by atoms with Crippen LogP contribution in [0.5, 0.6) is 17.2 Å². The predicted octanol–water partition coefficient (Wildman–Crippen LogP) is 5.12. The van der Waals surface area contributed by atoms with E-state index in [1.165, 1.54) is 5.56 Å². The van der Waals surface area contributed by atoms with Crippen molar-refractivity contribution in [2.24, 2.45) is 0 Å². The Morgan fingerprint density at radius 2 is 1.90 bits per heavy atom. The van der Waals surface area contributed by atoms with E-state index in [0.717, 1.165) is 16.9 Å². The molecule has 0 radical (unpaired) electrons. The second-order valence-corrected chi connectivity index (χ2v) is 8.18. The largest absolute Gasteiger partial charge is 0.493 e. The first-order valence-corrected chi connectivity index (χ1v) is 11.0. The lowest BCUT2D eigenvalue weighted by atomic mass is 9.90. The molecule has 1 unspecified atom stereocenters. The fraction of sp³-hybridized carbons (Fsp3) is 0.240. The van der Waals surface area contributed by atoms with Gasteiger partial charge in [-0.15, -0.1) is 11.3 Å². The van der Waals surface area contributed by atoms with Crippen LogP contribution < -0.4 is 14.2 Å². The van der Waals surface area contributed by atoms with Gasteiger partial charge in [0.05, 0.1) is 20.3 Å². The molecule has 0 aliphatic carbocycles. The van der Waals surface area contributed by atoms with Crippen LogP contribution in [0.2, 0.25) is 0 Å². The summed E-state index contributed by atoms with van der Waals surface area (Å²) in [6.45, 7) is 4.71. The summed E-state index contributed by atoms with van der Waals surface area (Å²) in [5, 5.41) is 2.04. The molecule has 2 heterocycles. The zero-order valence-electron chi connectivity index (χ0n) is 17.7. The lowest BCUT2D eigenvalue weighted by Crippen LogP contribution is -2.40. The van der Waals surface area contributed by atoms with Crippen molar-refractivity contribution in [2.75, 3.05) is 27.4 Å². The van der Waals surface area contributed by atoms with Crippen LogP contribution in [0.25, 0.3) is 0 Å². The van der Waals surface area contributed by atoms with E-state index in [-0.39, 0.29) is 11.9 Å². The highest BCUT2D eigenvalue weighted by molar-refractivity contribution is 7.10. The number of amides is 1. The Morgan fingerprint density at radius 1 is 1.16 bits per heavy atom. The summed E-state index contributed by atoms with van der Waals surface area (Å²) in [6, 6.07) is 15.2. The molecule has 160 valence electrons. The summed E-state index contributed by atoms with van der Waals surface area (Å²) in [5.74, 6) is 2.09. The first kappa shape index (κ1) is 21.0. The molecule has 1 atom stereocenters. The zero-order chi connectivity index (χ0) is 21.8. The fourth-order valence-electron chi connectivity index (χ4n) is 3.93. The van der Waals surface area contributed by atoms with Crippen LogP contribution in [0.3, 0.4) is 0 Å². The van der Waals surface area contributed by atoms with E-state index in [1.54, 1.807) is 31.6 Å². The minimum atomic E-state index is -0.173. The smallest absolute Gasteiger partial charge is 0.254 e. The molecule has 0 fully saturated rings. The molecule has 31 heavy (non-hydrogen) atoms. The number of benzene rings is 2. The van der Waals surface area contributed by atoms with Gasteiger partial charge in [0, 0.05) is 17.0 Å². The molecule has 0 N–H and O–H groups in total. The average Bonchev–Trinajstić information content (AvgIpc) is 3.35. The highest BCUT2D eigenvalue weighted by Crippen LogP contribution is 2.42. The normalized spacial score (nSPS) is 15.2. The monoisotopic (exact) mass is 435 g/mol. The summed E-state index contributed by atoms with van der Waals surface area (Å²) in [4.78, 5) is 16.6. The van der Waals surface area contributed by atoms with Crippen molar-refractivity contribution < 1.29 is 19.0 Å². The first-order chi connectivity index (χ1) is 15.2. The number of fused-ring (bicyclic) bond motifs is 1. The lowest BCUT2D eigenvalue weighted by Gasteiger charge is -2.37. The van der Waals surface area contributed by atoms with Crippen molar-refractivity contribution >= 4 is 17.2 Å². The maximum atomic E-state index is 13.5. The Kier molecular flexibility index (Phi) is 6.28. The quantitative estimate of drug-likeness (QED) is 0.484. The SMILES string of the molecule is C=CCOc1ccc(C(=O)N2CCc3cc(OC)c(OC)cc3C2c2cccs2)cc1. The molecule has 6 heteroatoms. The van der Waals surface area contributed by atoms with E-state index in [4.69, 9.17) is 14.2 Å². The first-order valence-electron chi connectivity index (χ1n) is 10.1. The van der Waals surface area contributed by atoms with E-state index in [0.29, 0.717) is 36.0 Å². The standard InChI is InChI=1S/C25H25NO4S/c1-4-13-30-19-9-7-17(8-10-19)25(27)26-12-11-18-15-21(28-2)22(29-3)16-20(18)24(26)23-6-5-14-31-23/h4-10,14-16,24H,1,11-13H2,2-3H3. The molecule has 1 aliphatic rings. The molecule has 5 nitrogen and oxygen atoms in total. The molecule has 0 bridgehead atoms. The van der Waals surface area contributed by atoms with Crippen LogP contribution in [-0.2, 0) is 6.42 Å². The van der Waals surface area contributed by atoms with Crippen molar-refractivity contribution in [2.45, 2.75) is 12.5 Å². The second-order valence-electron chi connectivity index (χ2n) is 7.20. The van der Waals surface area contributed by atoms with Gasteiger partial charge in [-0.05, 0) is 65.4 Å². The third-order valence-electron chi connectivity index (χ3n) is 5.42. The summed E-state index contributed by atoms with van der Waals surface area (Å²) < 4.78 is 16.6. The van der Waals surface area contributed by atoms with Crippen LogP contribution in [0, 0.1) is 0 Å². The van der Waals surface area contributed by atoms with Gasteiger partial charge in [-0.3, -0.25) is 4.79 Å². The van der Waals surface area contributed by atoms with Gasteiger partial charge in [0.2, 0.25) is 0 Å². The third-order valence-corrected chi connectivity index (χ3v) is 6.34. The van der Waals surface area contributed by atoms with Crippen LogP contribution in [-0.4, -0.2) is 38.2 Å².